The number of fused-ring (bicyclic) bond motifs is 1. The summed E-state index contributed by atoms with van der Waals surface area (Å²) in [5.41, 5.74) is 2.23. The summed E-state index contributed by atoms with van der Waals surface area (Å²) in [5.74, 6) is -0.132. The summed E-state index contributed by atoms with van der Waals surface area (Å²) in [5, 5.41) is 5.80. The molecular formula is C13H17N3O2. The number of carbonyl (C=O) groups is 1. The van der Waals surface area contributed by atoms with E-state index in [9.17, 15) is 9.59 Å². The molecule has 0 aliphatic heterocycles. The van der Waals surface area contributed by atoms with Crippen LogP contribution in [0.25, 0.3) is 5.52 Å². The fourth-order valence-corrected chi connectivity index (χ4v) is 1.88. The summed E-state index contributed by atoms with van der Waals surface area (Å²) in [6.07, 6.45) is 1.78. The van der Waals surface area contributed by atoms with Crippen LogP contribution in [0.1, 0.15) is 25.1 Å². The van der Waals surface area contributed by atoms with Crippen LogP contribution in [0.15, 0.2) is 23.1 Å². The summed E-state index contributed by atoms with van der Waals surface area (Å²) in [6, 6.07) is 3.41. The molecule has 2 N–H and O–H groups in total. The maximum absolute atomic E-state index is 12.0. The van der Waals surface area contributed by atoms with E-state index in [1.165, 1.54) is 0 Å². The molecule has 5 heteroatoms. The number of rotatable bonds is 3. The second-order valence-electron chi connectivity index (χ2n) is 4.67. The summed E-state index contributed by atoms with van der Waals surface area (Å²) in [7, 11) is 0. The van der Waals surface area contributed by atoms with Crippen molar-refractivity contribution in [1.29, 1.82) is 0 Å². The minimum absolute atomic E-state index is 0.0452. The fourth-order valence-electron chi connectivity index (χ4n) is 1.88. The lowest BCUT2D eigenvalue weighted by molar-refractivity contribution is -0.124. The Morgan fingerprint density at radius 1 is 1.50 bits per heavy atom. The highest BCUT2D eigenvalue weighted by atomic mass is 16.1. The predicted molar refractivity (Wildman–Crippen MR) is 69.4 cm³/mol. The molecule has 2 aromatic heterocycles. The van der Waals surface area contributed by atoms with Crippen LogP contribution in [-0.2, 0) is 11.3 Å². The number of hydrogen-bond donors (Lipinski definition) is 2. The van der Waals surface area contributed by atoms with Crippen molar-refractivity contribution in [1.82, 2.24) is 14.9 Å². The van der Waals surface area contributed by atoms with Crippen LogP contribution in [0.3, 0.4) is 0 Å². The molecule has 18 heavy (non-hydrogen) atoms. The van der Waals surface area contributed by atoms with Crippen molar-refractivity contribution >= 4 is 11.4 Å². The Balaban J connectivity index is 2.33. The van der Waals surface area contributed by atoms with Crippen LogP contribution in [0.2, 0.25) is 0 Å². The van der Waals surface area contributed by atoms with Gasteiger partial charge in [0.25, 0.3) is 0 Å². The Morgan fingerprint density at radius 2 is 2.22 bits per heavy atom. The quantitative estimate of drug-likeness (QED) is 0.856. The molecule has 2 rings (SSSR count). The molecule has 0 aliphatic carbocycles. The van der Waals surface area contributed by atoms with E-state index in [-0.39, 0.29) is 23.8 Å². The Bertz CT molecular complexity index is 637. The van der Waals surface area contributed by atoms with Crippen molar-refractivity contribution in [3.63, 3.8) is 0 Å². The lowest BCUT2D eigenvalue weighted by atomic mass is 10.1. The number of aromatic amines is 1. The van der Waals surface area contributed by atoms with Crippen LogP contribution in [0.4, 0.5) is 0 Å². The van der Waals surface area contributed by atoms with Gasteiger partial charge in [-0.1, -0.05) is 13.8 Å². The zero-order valence-electron chi connectivity index (χ0n) is 10.8. The minimum Gasteiger partial charge on any atom is -0.352 e. The van der Waals surface area contributed by atoms with Crippen molar-refractivity contribution in [3.8, 4) is 0 Å². The van der Waals surface area contributed by atoms with Crippen molar-refractivity contribution in [2.75, 3.05) is 0 Å². The highest BCUT2D eigenvalue weighted by Crippen LogP contribution is 2.07. The molecule has 0 radical (unpaired) electrons. The van der Waals surface area contributed by atoms with Crippen LogP contribution >= 0.6 is 0 Å². The molecule has 5 nitrogen and oxygen atoms in total. The van der Waals surface area contributed by atoms with Gasteiger partial charge in [0.15, 0.2) is 5.43 Å². The van der Waals surface area contributed by atoms with Gasteiger partial charge in [-0.2, -0.15) is 0 Å². The number of nitrogens with zero attached hydrogens (tertiary/aromatic N) is 1. The van der Waals surface area contributed by atoms with E-state index < -0.39 is 0 Å². The van der Waals surface area contributed by atoms with Crippen molar-refractivity contribution in [2.24, 2.45) is 5.92 Å². The van der Waals surface area contributed by atoms with Crippen LogP contribution in [0, 0.1) is 12.8 Å². The number of nitrogens with one attached hydrogen (secondary N) is 2. The van der Waals surface area contributed by atoms with Gasteiger partial charge in [0.2, 0.25) is 5.91 Å². The van der Waals surface area contributed by atoms with E-state index in [2.05, 4.69) is 10.4 Å². The first-order valence-corrected chi connectivity index (χ1v) is 5.97. The first kappa shape index (κ1) is 12.4. The van der Waals surface area contributed by atoms with Crippen LogP contribution in [0.5, 0.6) is 0 Å². The number of aryl methyl sites for hydroxylation is 1. The highest BCUT2D eigenvalue weighted by molar-refractivity contribution is 5.77. The minimum atomic E-state index is -0.0812. The van der Waals surface area contributed by atoms with Crippen LogP contribution in [-0.4, -0.2) is 15.5 Å². The van der Waals surface area contributed by atoms with Crippen molar-refractivity contribution < 1.29 is 4.79 Å². The second-order valence-corrected chi connectivity index (χ2v) is 4.67. The van der Waals surface area contributed by atoms with Gasteiger partial charge >= 0.3 is 0 Å². The molecule has 0 saturated carbocycles. The van der Waals surface area contributed by atoms with Gasteiger partial charge in [0.05, 0.1) is 5.52 Å². The maximum atomic E-state index is 12.0. The normalized spacial score (nSPS) is 11.1. The fraction of sp³-hybridized carbons (Fsp3) is 0.385. The second kappa shape index (κ2) is 4.68. The van der Waals surface area contributed by atoms with E-state index in [0.29, 0.717) is 5.56 Å². The standard InChI is InChI=1S/C13H17N3O2/c1-8(2)13(18)14-7-11-9(3)16-10(4-5-15-16)6-12(11)17/h4-6,8,15H,7H2,1-3H3,(H,14,18). The van der Waals surface area contributed by atoms with Gasteiger partial charge in [-0.15, -0.1) is 0 Å². The van der Waals surface area contributed by atoms with E-state index in [4.69, 9.17) is 0 Å². The number of hydrogen-bond acceptors (Lipinski definition) is 2. The molecule has 0 unspecified atom stereocenters. The number of amides is 1. The molecule has 0 saturated heterocycles. The topological polar surface area (TPSA) is 66.4 Å². The first-order valence-electron chi connectivity index (χ1n) is 5.97. The Hall–Kier alpha value is -2.04. The SMILES string of the molecule is Cc1c(CNC(=O)C(C)C)c(=O)cc2cc[nH]n12. The molecule has 0 bridgehead atoms. The van der Waals surface area contributed by atoms with Gasteiger partial charge in [0, 0.05) is 36.0 Å². The molecular weight excluding hydrogens is 230 g/mol. The predicted octanol–water partition coefficient (Wildman–Crippen LogP) is 1.21. The molecule has 0 aliphatic rings. The molecule has 0 atom stereocenters. The Morgan fingerprint density at radius 3 is 2.89 bits per heavy atom. The highest BCUT2D eigenvalue weighted by Gasteiger charge is 2.11. The molecule has 2 aromatic rings. The Labute approximate surface area is 105 Å². The van der Waals surface area contributed by atoms with E-state index >= 15 is 0 Å². The lowest BCUT2D eigenvalue weighted by Crippen LogP contribution is -2.30. The van der Waals surface area contributed by atoms with Crippen LogP contribution < -0.4 is 10.7 Å². The average Bonchev–Trinajstić information content (AvgIpc) is 2.76. The number of pyridine rings is 1. The maximum Gasteiger partial charge on any atom is 0.222 e. The molecule has 96 valence electrons. The Kier molecular flexibility index (Phi) is 3.23. The zero-order chi connectivity index (χ0) is 13.3. The van der Waals surface area contributed by atoms with E-state index in [1.807, 2.05) is 31.4 Å². The van der Waals surface area contributed by atoms with Gasteiger partial charge in [-0.25, -0.2) is 0 Å². The third-order valence-electron chi connectivity index (χ3n) is 3.03. The summed E-state index contributed by atoms with van der Waals surface area (Å²) < 4.78 is 1.83. The third kappa shape index (κ3) is 2.16. The van der Waals surface area contributed by atoms with E-state index in [1.54, 1.807) is 12.3 Å². The molecule has 0 fully saturated rings. The summed E-state index contributed by atoms with van der Waals surface area (Å²) in [6.45, 7) is 5.78. The van der Waals surface area contributed by atoms with Gasteiger partial charge in [0.1, 0.15) is 0 Å². The van der Waals surface area contributed by atoms with Crippen molar-refractivity contribution in [3.05, 3.63) is 39.8 Å². The number of H-pyrrole nitrogens is 1. The summed E-state index contributed by atoms with van der Waals surface area (Å²) in [4.78, 5) is 23.5. The zero-order valence-corrected chi connectivity index (χ0v) is 10.8. The first-order chi connectivity index (χ1) is 8.50. The smallest absolute Gasteiger partial charge is 0.222 e. The average molecular weight is 247 g/mol. The third-order valence-corrected chi connectivity index (χ3v) is 3.03. The van der Waals surface area contributed by atoms with Gasteiger partial charge in [-0.3, -0.25) is 14.1 Å². The summed E-state index contributed by atoms with van der Waals surface area (Å²) >= 11 is 0. The van der Waals surface area contributed by atoms with Gasteiger partial charge < -0.3 is 10.4 Å². The van der Waals surface area contributed by atoms with Crippen molar-refractivity contribution in [2.45, 2.75) is 27.3 Å². The monoisotopic (exact) mass is 247 g/mol. The van der Waals surface area contributed by atoms with E-state index in [0.717, 1.165) is 11.2 Å². The molecule has 0 aromatic carbocycles. The molecule has 2 heterocycles. The largest absolute Gasteiger partial charge is 0.352 e. The number of carbonyl (C=O) groups excluding carboxylic acids is 1. The molecule has 0 spiro atoms. The number of aromatic nitrogens is 2. The van der Waals surface area contributed by atoms with Gasteiger partial charge in [-0.05, 0) is 13.0 Å². The molecule has 1 amide bonds. The lowest BCUT2D eigenvalue weighted by Gasteiger charge is -2.10.